The molecule has 0 aromatic heterocycles. The van der Waals surface area contributed by atoms with Crippen molar-refractivity contribution in [3.05, 3.63) is 102 Å². The van der Waals surface area contributed by atoms with Crippen molar-refractivity contribution in [1.29, 1.82) is 0 Å². The van der Waals surface area contributed by atoms with E-state index in [-0.39, 0.29) is 22.2 Å². The van der Waals surface area contributed by atoms with E-state index in [4.69, 9.17) is 0 Å². The summed E-state index contributed by atoms with van der Waals surface area (Å²) in [6, 6.07) is 35.7. The Bertz CT molecular complexity index is 3120. The van der Waals surface area contributed by atoms with E-state index >= 15 is 0 Å². The first-order chi connectivity index (χ1) is 67.1. The van der Waals surface area contributed by atoms with Gasteiger partial charge in [-0.2, -0.15) is 94.1 Å². The number of hydrogen-bond donors (Lipinski definition) is 8. The zero-order valence-electron chi connectivity index (χ0n) is 98.2. The molecule has 3 aromatic carbocycles. The summed E-state index contributed by atoms with van der Waals surface area (Å²) in [6.07, 6.45) is 43.2. The number of anilines is 1. The van der Waals surface area contributed by atoms with Gasteiger partial charge in [0, 0.05) is 298 Å². The van der Waals surface area contributed by atoms with Gasteiger partial charge in [-0.25, -0.2) is 0 Å². The second kappa shape index (κ2) is 88.0. The minimum Gasteiger partial charge on any atom is -0.365 e. The van der Waals surface area contributed by atoms with Crippen LogP contribution in [0.25, 0.3) is 0 Å². The summed E-state index contributed by atoms with van der Waals surface area (Å²) >= 11 is 15.2. The van der Waals surface area contributed by atoms with Crippen LogP contribution >= 0.6 is 94.1 Å². The van der Waals surface area contributed by atoms with Crippen LogP contribution in [0.2, 0.25) is 0 Å². The van der Waals surface area contributed by atoms with Gasteiger partial charge in [0.25, 0.3) is 0 Å². The Morgan fingerprint density at radius 3 is 0.794 bits per heavy atom. The molecule has 0 atom stereocenters. The monoisotopic (exact) mass is 2120 g/mol. The number of hydrogen-bond acceptors (Lipinski definition) is 24. The molecule has 0 amide bonds. The molecule has 0 spiro atoms. The van der Waals surface area contributed by atoms with Crippen LogP contribution in [0.5, 0.6) is 0 Å². The molecular weight excluding hydrogens is 1890 g/mol. The van der Waals surface area contributed by atoms with Gasteiger partial charge in [-0.3, -0.25) is 34.3 Å². The normalized spacial score (nSPS) is 15.0. The van der Waals surface area contributed by atoms with E-state index in [0.29, 0.717) is 29.2 Å². The SMILES string of the molecule is CSCCNCCN(C(C)(C)C)C(C)(C)C.CSCCNCCN(C1CCCC1)C(C)(C)C.CSCCNCCN(C1CCCCC1)C(C)(C)C.CSCCNCCN(CC1CCCC1)C(C)C.CSCCNCCN(CC1CCCCC1)C(C)C.CSCCNCCN(Cc1ccccc1)C(C)(C)C.CSCCNCCN(Cc1ccccc1)C(C)C.CSCCNCCN(c1ccccc1)C(C)(C)C. The van der Waals surface area contributed by atoms with Crippen LogP contribution in [-0.2, 0) is 13.1 Å². The van der Waals surface area contributed by atoms with E-state index in [0.717, 1.165) is 168 Å². The molecule has 4 fully saturated rings. The van der Waals surface area contributed by atoms with Crippen LogP contribution < -0.4 is 47.4 Å². The highest BCUT2D eigenvalue weighted by Crippen LogP contribution is 2.32. The highest BCUT2D eigenvalue weighted by molar-refractivity contribution is 8.00. The van der Waals surface area contributed by atoms with Crippen molar-refractivity contribution < 1.29 is 0 Å². The molecule has 0 heterocycles. The van der Waals surface area contributed by atoms with Crippen molar-refractivity contribution in [3.63, 3.8) is 0 Å². The van der Waals surface area contributed by atoms with E-state index in [1.807, 2.05) is 94.1 Å². The highest BCUT2D eigenvalue weighted by Gasteiger charge is 2.34. The summed E-state index contributed by atoms with van der Waals surface area (Å²) < 4.78 is 0. The van der Waals surface area contributed by atoms with Gasteiger partial charge in [0.2, 0.25) is 0 Å². The molecule has 0 unspecified atom stereocenters. The second-order valence-corrected chi connectivity index (χ2v) is 53.9. The van der Waals surface area contributed by atoms with Gasteiger partial charge in [-0.05, 0) is 303 Å². The topological polar surface area (TPSA) is 122 Å². The van der Waals surface area contributed by atoms with Gasteiger partial charge in [0.1, 0.15) is 0 Å². The fourth-order valence-corrected chi connectivity index (χ4v) is 21.9. The minimum absolute atomic E-state index is 0.155. The smallest absolute Gasteiger partial charge is 0.0370 e. The van der Waals surface area contributed by atoms with Crippen LogP contribution in [0, 0.1) is 11.8 Å². The van der Waals surface area contributed by atoms with Crippen molar-refractivity contribution in [2.45, 2.75) is 358 Å². The summed E-state index contributed by atoms with van der Waals surface area (Å²) in [5, 5.41) is 28.2. The first kappa shape index (κ1) is 141. The molecule has 7 rings (SSSR count). The molecule has 0 bridgehead atoms. The summed E-state index contributed by atoms with van der Waals surface area (Å²) in [4.78, 5) is 20.8. The molecule has 3 aromatic rings. The number of nitrogens with one attached hydrogen (secondary N) is 8. The molecule has 0 radical (unpaired) electrons. The zero-order chi connectivity index (χ0) is 105. The maximum absolute atomic E-state index is 3.57. The summed E-state index contributed by atoms with van der Waals surface area (Å²) in [7, 11) is 0. The molecular formula is C117H234N16S8. The largest absolute Gasteiger partial charge is 0.365 e. The molecule has 8 N–H and O–H groups in total. The molecule has 141 heavy (non-hydrogen) atoms. The van der Waals surface area contributed by atoms with E-state index in [1.165, 1.54) is 218 Å². The lowest BCUT2D eigenvalue weighted by Crippen LogP contribution is -2.54. The van der Waals surface area contributed by atoms with Gasteiger partial charge in [-0.1, -0.05) is 143 Å². The van der Waals surface area contributed by atoms with Gasteiger partial charge in [0.15, 0.2) is 0 Å². The molecule has 0 saturated heterocycles. The second-order valence-electron chi connectivity index (χ2n) is 46.0. The average Bonchev–Trinajstić information content (AvgIpc) is 1.46. The van der Waals surface area contributed by atoms with Gasteiger partial charge in [0.05, 0.1) is 0 Å². The number of rotatable bonds is 62. The van der Waals surface area contributed by atoms with Crippen LogP contribution in [0.1, 0.15) is 293 Å². The predicted molar refractivity (Wildman–Crippen MR) is 662 cm³/mol. The predicted octanol–water partition coefficient (Wildman–Crippen LogP) is 24.6. The van der Waals surface area contributed by atoms with E-state index in [2.05, 4.69) is 389 Å². The van der Waals surface area contributed by atoms with Crippen molar-refractivity contribution in [1.82, 2.24) is 76.8 Å². The molecule has 4 saturated carbocycles. The van der Waals surface area contributed by atoms with Crippen molar-refractivity contribution in [2.24, 2.45) is 11.8 Å². The maximum Gasteiger partial charge on any atom is 0.0370 e. The number of nitrogens with zero attached hydrogens (tertiary/aromatic N) is 8. The number of thioether (sulfide) groups is 8. The Kier molecular flexibility index (Phi) is 87.8. The molecule has 16 nitrogen and oxygen atoms in total. The zero-order valence-corrected chi connectivity index (χ0v) is 105. The lowest BCUT2D eigenvalue weighted by Gasteiger charge is -2.45. The lowest BCUT2D eigenvalue weighted by atomic mass is 9.88. The summed E-state index contributed by atoms with van der Waals surface area (Å²) in [5.41, 5.74) is 5.55. The first-order valence-electron chi connectivity index (χ1n) is 55.9. The lowest BCUT2D eigenvalue weighted by molar-refractivity contribution is 0.0399. The molecule has 4 aliphatic rings. The van der Waals surface area contributed by atoms with Crippen LogP contribution in [0.15, 0.2) is 91.0 Å². The Morgan fingerprint density at radius 1 is 0.255 bits per heavy atom. The van der Waals surface area contributed by atoms with Gasteiger partial charge >= 0.3 is 0 Å². The highest BCUT2D eigenvalue weighted by atomic mass is 32.2. The van der Waals surface area contributed by atoms with Crippen molar-refractivity contribution in [3.8, 4) is 0 Å². The van der Waals surface area contributed by atoms with Crippen molar-refractivity contribution >= 4 is 99.8 Å². The van der Waals surface area contributed by atoms with E-state index in [9.17, 15) is 0 Å². The fourth-order valence-electron chi connectivity index (χ4n) is 19.1. The van der Waals surface area contributed by atoms with Crippen molar-refractivity contribution in [2.75, 3.05) is 271 Å². The standard InChI is InChI=1S/C16H28N2S.C15H32N2S.C15H26N2S.C15H32N2S.C15H26N2S.2C14H30N2S.C13H30N2S/c1-16(2,3)18(12-10-17-11-13-19-4)14-15-8-6-5-7-9-15;2*1-15(2,3)17(12-10-16-11-13-18-4)14-8-6-5-7-9-14;2*1-14(2)17(11-9-16-10-12-18-3)13-15-7-5-4-6-8-15;1-14(2,3)16(13-7-5-6-8-13)11-9-15-10-12-17-4;1-13(2)16(10-8-15-9-11-17-3)12-14-6-4-5-7-14;1-12(2,3)15(13(4,5)6)10-8-14-9-11-16-7/h5-9,17H,10-14H2,1-4H3;14,16H,5-13H2,1-4H3;5-9,16H,10-13H2,1-4H3;14-16H,4-13H2,1-3H3;4-8,14,16H,9-13H2,1-3H3;13,15H,5-12H2,1-4H3;13-15H,4-12H2,1-3H3;14H,8-11H2,1-7H3. The Hall–Kier alpha value is -0.340. The third-order valence-corrected chi connectivity index (χ3v) is 31.9. The third kappa shape index (κ3) is 76.8. The fraction of sp³-hybridized carbons (Fsp3) is 0.846. The van der Waals surface area contributed by atoms with Gasteiger partial charge < -0.3 is 47.4 Å². The van der Waals surface area contributed by atoms with Crippen LogP contribution in [-0.4, -0.2) is 364 Å². The first-order valence-corrected chi connectivity index (χ1v) is 67.0. The van der Waals surface area contributed by atoms with E-state index in [1.54, 1.807) is 0 Å². The van der Waals surface area contributed by atoms with Crippen LogP contribution in [0.4, 0.5) is 5.69 Å². The third-order valence-electron chi connectivity index (χ3n) is 27.0. The number of benzene rings is 3. The Balaban J connectivity index is 0.00000159. The maximum atomic E-state index is 3.57. The Morgan fingerprint density at radius 2 is 0.511 bits per heavy atom. The molecule has 0 aliphatic heterocycles. The summed E-state index contributed by atoms with van der Waals surface area (Å²) in [5.74, 6) is 11.6. The average molecular weight is 2120 g/mol. The minimum atomic E-state index is 0.155. The number of para-hydroxylation sites is 1. The Labute approximate surface area is 912 Å². The molecule has 24 heteroatoms. The summed E-state index contributed by atoms with van der Waals surface area (Å²) in [6.45, 7) is 87.1. The molecule has 830 valence electrons. The van der Waals surface area contributed by atoms with E-state index < -0.39 is 0 Å². The van der Waals surface area contributed by atoms with Crippen LogP contribution in [0.3, 0.4) is 0 Å². The molecule has 4 aliphatic carbocycles. The van der Waals surface area contributed by atoms with Gasteiger partial charge in [-0.15, -0.1) is 0 Å². The quantitative estimate of drug-likeness (QED) is 0.0256.